The third-order valence-corrected chi connectivity index (χ3v) is 4.14. The van der Waals surface area contributed by atoms with Gasteiger partial charge in [0, 0.05) is 27.8 Å². The first-order chi connectivity index (χ1) is 8.25. The van der Waals surface area contributed by atoms with E-state index in [1.807, 2.05) is 18.2 Å². The van der Waals surface area contributed by atoms with Crippen molar-refractivity contribution in [1.29, 1.82) is 0 Å². The highest BCUT2D eigenvalue weighted by molar-refractivity contribution is 9.10. The highest BCUT2D eigenvalue weighted by Crippen LogP contribution is 2.19. The molecular weight excluding hydrogens is 294 g/mol. The van der Waals surface area contributed by atoms with Gasteiger partial charge >= 0.3 is 0 Å². The highest BCUT2D eigenvalue weighted by atomic mass is 79.9. The Morgan fingerprint density at radius 2 is 2.06 bits per heavy atom. The maximum absolute atomic E-state index is 4.09. The van der Waals surface area contributed by atoms with E-state index in [0.717, 1.165) is 23.1 Å². The average molecular weight is 308 g/mol. The molecule has 2 aromatic rings. The Bertz CT molecular complexity index is 490. The van der Waals surface area contributed by atoms with Crippen LogP contribution in [0.1, 0.15) is 10.4 Å². The second-order valence-corrected chi connectivity index (χ2v) is 5.72. The van der Waals surface area contributed by atoms with Crippen molar-refractivity contribution in [1.82, 2.24) is 5.32 Å². The Hall–Kier alpha value is -0.900. The molecule has 0 spiro atoms. The molecule has 0 saturated heterocycles. The van der Waals surface area contributed by atoms with Crippen LogP contribution in [0, 0.1) is 0 Å². The first-order valence-electron chi connectivity index (χ1n) is 5.42. The molecule has 0 radical (unpaired) electrons. The van der Waals surface area contributed by atoms with Gasteiger partial charge in [0.15, 0.2) is 0 Å². The fourth-order valence-corrected chi connectivity index (χ4v) is 2.98. The summed E-state index contributed by atoms with van der Waals surface area (Å²) in [5.41, 5.74) is 2.33. The van der Waals surface area contributed by atoms with Crippen LogP contribution in [0.3, 0.4) is 0 Å². The summed E-state index contributed by atoms with van der Waals surface area (Å²) in [6.45, 7) is 5.80. The van der Waals surface area contributed by atoms with Crippen LogP contribution in [0.15, 0.2) is 52.8 Å². The number of halogens is 1. The number of hydrogen-bond acceptors (Lipinski definition) is 2. The summed E-state index contributed by atoms with van der Waals surface area (Å²) < 4.78 is 1.15. The Morgan fingerprint density at radius 3 is 2.71 bits per heavy atom. The SMILES string of the molecule is C=C(CNCc1cc(Br)cs1)c1ccccc1. The fraction of sp³-hybridized carbons (Fsp3) is 0.143. The minimum absolute atomic E-state index is 0.819. The van der Waals surface area contributed by atoms with Crippen molar-refractivity contribution in [2.45, 2.75) is 6.54 Å². The van der Waals surface area contributed by atoms with Gasteiger partial charge in [0.25, 0.3) is 0 Å². The zero-order valence-corrected chi connectivity index (χ0v) is 11.9. The molecule has 88 valence electrons. The van der Waals surface area contributed by atoms with Gasteiger partial charge in [-0.05, 0) is 33.1 Å². The molecule has 0 fully saturated rings. The van der Waals surface area contributed by atoms with Crippen molar-refractivity contribution in [3.05, 3.63) is 63.3 Å². The average Bonchev–Trinajstić information content (AvgIpc) is 2.76. The smallest absolute Gasteiger partial charge is 0.0303 e. The second kappa shape index (κ2) is 6.15. The molecule has 0 aliphatic rings. The largest absolute Gasteiger partial charge is 0.308 e. The Balaban J connectivity index is 1.81. The van der Waals surface area contributed by atoms with Gasteiger partial charge in [-0.2, -0.15) is 0 Å². The normalized spacial score (nSPS) is 10.4. The molecule has 3 heteroatoms. The molecule has 0 aliphatic heterocycles. The van der Waals surface area contributed by atoms with Crippen molar-refractivity contribution in [2.75, 3.05) is 6.54 Å². The highest BCUT2D eigenvalue weighted by Gasteiger charge is 1.99. The van der Waals surface area contributed by atoms with Crippen LogP contribution in [0.2, 0.25) is 0 Å². The van der Waals surface area contributed by atoms with E-state index in [1.54, 1.807) is 11.3 Å². The number of nitrogens with one attached hydrogen (secondary N) is 1. The van der Waals surface area contributed by atoms with E-state index in [-0.39, 0.29) is 0 Å². The van der Waals surface area contributed by atoms with E-state index in [9.17, 15) is 0 Å². The van der Waals surface area contributed by atoms with Gasteiger partial charge in [-0.25, -0.2) is 0 Å². The molecule has 0 amide bonds. The van der Waals surface area contributed by atoms with Crippen LogP contribution in [0.5, 0.6) is 0 Å². The molecule has 1 nitrogen and oxygen atoms in total. The van der Waals surface area contributed by atoms with E-state index < -0.39 is 0 Å². The molecule has 0 aliphatic carbocycles. The summed E-state index contributed by atoms with van der Waals surface area (Å²) >= 11 is 5.21. The number of rotatable bonds is 5. The molecule has 2 rings (SSSR count). The lowest BCUT2D eigenvalue weighted by Crippen LogP contribution is -2.14. The summed E-state index contributed by atoms with van der Waals surface area (Å²) in [6.07, 6.45) is 0. The number of thiophene rings is 1. The van der Waals surface area contributed by atoms with Crippen LogP contribution >= 0.6 is 27.3 Å². The molecule has 0 atom stereocenters. The number of benzene rings is 1. The van der Waals surface area contributed by atoms with Gasteiger partial charge in [0.05, 0.1) is 0 Å². The maximum atomic E-state index is 4.09. The quantitative estimate of drug-likeness (QED) is 0.867. The van der Waals surface area contributed by atoms with Gasteiger partial charge in [0.2, 0.25) is 0 Å². The van der Waals surface area contributed by atoms with E-state index >= 15 is 0 Å². The van der Waals surface area contributed by atoms with Crippen LogP contribution in [-0.4, -0.2) is 6.54 Å². The lowest BCUT2D eigenvalue weighted by atomic mass is 10.1. The van der Waals surface area contributed by atoms with Gasteiger partial charge in [-0.3, -0.25) is 0 Å². The van der Waals surface area contributed by atoms with Gasteiger partial charge in [-0.1, -0.05) is 36.9 Å². The van der Waals surface area contributed by atoms with Crippen molar-refractivity contribution in [2.24, 2.45) is 0 Å². The van der Waals surface area contributed by atoms with E-state index in [1.165, 1.54) is 10.4 Å². The van der Waals surface area contributed by atoms with Crippen molar-refractivity contribution in [3.8, 4) is 0 Å². The molecule has 1 N–H and O–H groups in total. The first kappa shape index (κ1) is 12.6. The summed E-state index contributed by atoms with van der Waals surface area (Å²) in [5.74, 6) is 0. The molecule has 0 unspecified atom stereocenters. The standard InChI is InChI=1S/C14H14BrNS/c1-11(12-5-3-2-4-6-12)8-16-9-14-7-13(15)10-17-14/h2-7,10,16H,1,8-9H2. The van der Waals surface area contributed by atoms with Crippen LogP contribution in [0.25, 0.3) is 5.57 Å². The summed E-state index contributed by atoms with van der Waals surface area (Å²) in [6, 6.07) is 12.4. The third kappa shape index (κ3) is 3.80. The minimum atomic E-state index is 0.819. The summed E-state index contributed by atoms with van der Waals surface area (Å²) in [4.78, 5) is 1.33. The van der Waals surface area contributed by atoms with Crippen LogP contribution in [-0.2, 0) is 6.54 Å². The zero-order valence-electron chi connectivity index (χ0n) is 9.45. The predicted molar refractivity (Wildman–Crippen MR) is 79.2 cm³/mol. The lowest BCUT2D eigenvalue weighted by molar-refractivity contribution is 0.778. The van der Waals surface area contributed by atoms with E-state index in [0.29, 0.717) is 0 Å². The monoisotopic (exact) mass is 307 g/mol. The lowest BCUT2D eigenvalue weighted by Gasteiger charge is -2.06. The molecule has 0 bridgehead atoms. The molecule has 0 saturated carbocycles. The predicted octanol–water partition coefficient (Wildman–Crippen LogP) is 4.31. The first-order valence-corrected chi connectivity index (χ1v) is 7.10. The zero-order chi connectivity index (χ0) is 12.1. The molecule has 17 heavy (non-hydrogen) atoms. The summed E-state index contributed by atoms with van der Waals surface area (Å²) in [5, 5.41) is 5.50. The summed E-state index contributed by atoms with van der Waals surface area (Å²) in [7, 11) is 0. The molecule has 1 heterocycles. The molecular formula is C14H14BrNS. The van der Waals surface area contributed by atoms with Crippen molar-refractivity contribution in [3.63, 3.8) is 0 Å². The van der Waals surface area contributed by atoms with Crippen molar-refractivity contribution < 1.29 is 0 Å². The van der Waals surface area contributed by atoms with Gasteiger partial charge in [0.1, 0.15) is 0 Å². The minimum Gasteiger partial charge on any atom is -0.308 e. The van der Waals surface area contributed by atoms with E-state index in [2.05, 4.69) is 51.4 Å². The van der Waals surface area contributed by atoms with Gasteiger partial charge in [-0.15, -0.1) is 11.3 Å². The Morgan fingerprint density at radius 1 is 1.29 bits per heavy atom. The van der Waals surface area contributed by atoms with Crippen LogP contribution in [0.4, 0.5) is 0 Å². The molecule has 1 aromatic heterocycles. The van der Waals surface area contributed by atoms with E-state index in [4.69, 9.17) is 0 Å². The Kier molecular flexibility index (Phi) is 4.54. The van der Waals surface area contributed by atoms with Crippen LogP contribution < -0.4 is 5.32 Å². The molecule has 1 aromatic carbocycles. The maximum Gasteiger partial charge on any atom is 0.0303 e. The second-order valence-electron chi connectivity index (χ2n) is 3.80. The van der Waals surface area contributed by atoms with Crippen molar-refractivity contribution >= 4 is 32.8 Å². The topological polar surface area (TPSA) is 12.0 Å². The van der Waals surface area contributed by atoms with Gasteiger partial charge < -0.3 is 5.32 Å². The Labute approximate surface area is 114 Å². The third-order valence-electron chi connectivity index (χ3n) is 2.44. The fourth-order valence-electron chi connectivity index (χ4n) is 1.56. The number of hydrogen-bond donors (Lipinski definition) is 1.